The molecule has 2 saturated heterocycles. The van der Waals surface area contributed by atoms with Crippen molar-refractivity contribution < 1.29 is 27.1 Å². The Balaban J connectivity index is 1.05. The Hall–Kier alpha value is -5.99. The van der Waals surface area contributed by atoms with E-state index in [1.54, 1.807) is 18.5 Å². The smallest absolute Gasteiger partial charge is 0.329 e. The van der Waals surface area contributed by atoms with Crippen molar-refractivity contribution in [2.75, 3.05) is 45.2 Å². The average molecular weight is 861 g/mol. The molecule has 0 spiro atoms. The van der Waals surface area contributed by atoms with Crippen LogP contribution in [0.3, 0.4) is 0 Å². The predicted octanol–water partition coefficient (Wildman–Crippen LogP) is 3.02. The first kappa shape index (κ1) is 44.6. The maximum atomic E-state index is 15.5. The molecule has 1 unspecified atom stereocenters. The van der Waals surface area contributed by atoms with Gasteiger partial charge in [-0.05, 0) is 107 Å². The average Bonchev–Trinajstić information content (AvgIpc) is 3.47. The number of benzene rings is 2. The van der Waals surface area contributed by atoms with Crippen molar-refractivity contribution in [3.05, 3.63) is 81.5 Å². The number of hydrogen-bond donors (Lipinski definition) is 4. The molecule has 5 N–H and O–H groups in total. The number of halogens is 1. The van der Waals surface area contributed by atoms with Gasteiger partial charge in [-0.25, -0.2) is 36.6 Å². The molecule has 20 heteroatoms. The highest BCUT2D eigenvalue weighted by Gasteiger charge is 2.32. The van der Waals surface area contributed by atoms with Crippen molar-refractivity contribution in [1.82, 2.24) is 33.3 Å². The number of amides is 2. The number of nitrogens with two attached hydrogens (primary N) is 1. The van der Waals surface area contributed by atoms with Gasteiger partial charge in [0.1, 0.15) is 30.5 Å². The van der Waals surface area contributed by atoms with Crippen LogP contribution < -0.4 is 32.3 Å². The van der Waals surface area contributed by atoms with E-state index < -0.39 is 27.8 Å². The van der Waals surface area contributed by atoms with Gasteiger partial charge in [-0.3, -0.25) is 24.0 Å². The number of piperidine rings is 2. The molecule has 4 heterocycles. The van der Waals surface area contributed by atoms with Crippen LogP contribution in [0.5, 0.6) is 5.75 Å². The van der Waals surface area contributed by atoms with Crippen molar-refractivity contribution in [3.63, 3.8) is 0 Å². The molecule has 1 atom stereocenters. The van der Waals surface area contributed by atoms with Gasteiger partial charge in [0.15, 0.2) is 11.2 Å². The van der Waals surface area contributed by atoms with Gasteiger partial charge < -0.3 is 26.1 Å². The number of aromatic nitrogens is 4. The van der Waals surface area contributed by atoms with E-state index in [4.69, 9.17) is 15.9 Å². The number of carbonyl (C=O) groups excluding carboxylic acids is 2. The van der Waals surface area contributed by atoms with Gasteiger partial charge in [-0.2, -0.15) is 5.10 Å². The van der Waals surface area contributed by atoms with Crippen LogP contribution in [0, 0.1) is 18.2 Å². The summed E-state index contributed by atoms with van der Waals surface area (Å²) >= 11 is 0. The standard InChI is InChI=1S/C41H53FN12O6S/c1-25(2)60-38-37(29(21-43)22-44)48-24-53(45-4)39(38)47-23-46-31-18-26(3)35(20-30(31)42)61(58,59)50(5)14-7-15-52-16-12-27(13-17-52)28-8-9-32-34(19-28)51(6)41(57)54(32)33-10-11-36(55)49-40(33)56/h8-9,18-22,24-25,27,33,43,46H,4,7,10-17,23,44H2,1-3,5-6H3,(H,49,55,56)/b29-22+,43-21?,47-39-. The van der Waals surface area contributed by atoms with Gasteiger partial charge in [0, 0.05) is 51.8 Å². The molecule has 0 radical (unpaired) electrons. The largest absolute Gasteiger partial charge is 0.485 e. The van der Waals surface area contributed by atoms with E-state index in [9.17, 15) is 22.8 Å². The number of allylic oxidation sites excluding steroid dienone is 1. The Morgan fingerprint density at radius 2 is 1.92 bits per heavy atom. The third-order valence-corrected chi connectivity index (χ3v) is 13.1. The molecule has 6 rings (SSSR count). The molecule has 2 aromatic carbocycles. The first-order valence-corrected chi connectivity index (χ1v) is 21.5. The van der Waals surface area contributed by atoms with Crippen LogP contribution in [0.25, 0.3) is 16.6 Å². The predicted molar refractivity (Wildman–Crippen MR) is 231 cm³/mol. The number of carbonyl (C=O) groups is 2. The van der Waals surface area contributed by atoms with Crippen molar-refractivity contribution in [2.24, 2.45) is 22.9 Å². The maximum Gasteiger partial charge on any atom is 0.329 e. The fourth-order valence-electron chi connectivity index (χ4n) is 7.86. The molecule has 61 heavy (non-hydrogen) atoms. The summed E-state index contributed by atoms with van der Waals surface area (Å²) in [6, 6.07) is 7.62. The lowest BCUT2D eigenvalue weighted by atomic mass is 9.89. The Labute approximate surface area is 353 Å². The first-order chi connectivity index (χ1) is 29.1. The number of sulfonamides is 1. The Kier molecular flexibility index (Phi) is 13.7. The number of imidazole rings is 1. The van der Waals surface area contributed by atoms with Crippen LogP contribution in [0.1, 0.15) is 74.7 Å². The van der Waals surface area contributed by atoms with Crippen molar-refractivity contribution in [3.8, 4) is 5.75 Å². The molecule has 2 aliphatic heterocycles. The number of nitrogens with zero attached hydrogens (tertiary/aromatic N) is 8. The van der Waals surface area contributed by atoms with E-state index in [0.29, 0.717) is 24.0 Å². The molecular formula is C41H53FN12O6S. The fourth-order valence-corrected chi connectivity index (χ4v) is 9.29. The topological polar surface area (TPSA) is 227 Å². The van der Waals surface area contributed by atoms with E-state index in [1.807, 2.05) is 32.0 Å². The van der Waals surface area contributed by atoms with E-state index >= 15 is 4.39 Å². The number of likely N-dealkylation sites (tertiary alicyclic amines) is 1. The van der Waals surface area contributed by atoms with Gasteiger partial charge in [0.25, 0.3) is 0 Å². The Morgan fingerprint density at radius 3 is 2.57 bits per heavy atom. The molecule has 0 saturated carbocycles. The zero-order valence-corrected chi connectivity index (χ0v) is 35.8. The van der Waals surface area contributed by atoms with Gasteiger partial charge in [-0.1, -0.05) is 6.07 Å². The molecule has 326 valence electrons. The van der Waals surface area contributed by atoms with Crippen LogP contribution in [-0.2, 0) is 26.7 Å². The number of anilines is 1. The van der Waals surface area contributed by atoms with E-state index in [1.165, 1.54) is 39.2 Å². The van der Waals surface area contributed by atoms with E-state index in [-0.39, 0.29) is 82.8 Å². The molecule has 2 aromatic heterocycles. The lowest BCUT2D eigenvalue weighted by molar-refractivity contribution is -0.135. The zero-order valence-electron chi connectivity index (χ0n) is 35.0. The summed E-state index contributed by atoms with van der Waals surface area (Å²) in [4.78, 5) is 48.5. The third kappa shape index (κ3) is 9.35. The lowest BCUT2D eigenvalue weighted by Gasteiger charge is -2.32. The van der Waals surface area contributed by atoms with Gasteiger partial charge in [0.05, 0.1) is 27.7 Å². The number of ether oxygens (including phenoxy) is 1. The summed E-state index contributed by atoms with van der Waals surface area (Å²) in [6.45, 7) is 11.2. The number of aryl methyl sites for hydroxylation is 2. The van der Waals surface area contributed by atoms with Gasteiger partial charge >= 0.3 is 5.69 Å². The summed E-state index contributed by atoms with van der Waals surface area (Å²) in [5, 5.41) is 16.9. The second-order valence-electron chi connectivity index (χ2n) is 15.5. The monoisotopic (exact) mass is 860 g/mol. The highest BCUT2D eigenvalue weighted by atomic mass is 32.2. The highest BCUT2D eigenvalue weighted by molar-refractivity contribution is 7.89. The maximum absolute atomic E-state index is 15.5. The normalized spacial score (nSPS) is 17.3. The minimum Gasteiger partial charge on any atom is -0.485 e. The number of fused-ring (bicyclic) bond motifs is 1. The van der Waals surface area contributed by atoms with Gasteiger partial charge in [-0.15, -0.1) is 0 Å². The summed E-state index contributed by atoms with van der Waals surface area (Å²) < 4.78 is 54.4. The molecule has 0 aliphatic carbocycles. The summed E-state index contributed by atoms with van der Waals surface area (Å²) in [5.41, 5.74) is 9.04. The molecule has 2 amide bonds. The fraction of sp³-hybridized carbons (Fsp3) is 0.439. The highest BCUT2D eigenvalue weighted by Crippen LogP contribution is 2.32. The van der Waals surface area contributed by atoms with Crippen LogP contribution in [0.2, 0.25) is 0 Å². The molecule has 0 bridgehead atoms. The molecule has 4 aromatic rings. The second-order valence-corrected chi connectivity index (χ2v) is 17.5. The molecule has 2 fully saturated rings. The summed E-state index contributed by atoms with van der Waals surface area (Å²) in [5.74, 6) is -1.11. The minimum absolute atomic E-state index is 0.0432. The van der Waals surface area contributed by atoms with Crippen LogP contribution in [-0.4, -0.2) is 107 Å². The third-order valence-electron chi connectivity index (χ3n) is 11.1. The number of imide groups is 1. The molecular weight excluding hydrogens is 808 g/mol. The minimum atomic E-state index is -4.02. The van der Waals surface area contributed by atoms with E-state index in [0.717, 1.165) is 49.3 Å². The number of nitrogens with one attached hydrogen (secondary N) is 3. The first-order valence-electron chi connectivity index (χ1n) is 20.0. The van der Waals surface area contributed by atoms with Crippen LogP contribution in [0.4, 0.5) is 10.1 Å². The number of rotatable bonds is 16. The Morgan fingerprint density at radius 1 is 1.18 bits per heavy atom. The van der Waals surface area contributed by atoms with E-state index in [2.05, 4.69) is 37.3 Å². The van der Waals surface area contributed by atoms with Crippen LogP contribution >= 0.6 is 0 Å². The van der Waals surface area contributed by atoms with Crippen LogP contribution in [0.15, 0.2) is 62.6 Å². The quantitative estimate of drug-likeness (QED) is 0.0952. The molecule has 2 aliphatic rings. The van der Waals surface area contributed by atoms with Gasteiger partial charge in [0.2, 0.25) is 21.8 Å². The lowest BCUT2D eigenvalue weighted by Crippen LogP contribution is -2.44. The van der Waals surface area contributed by atoms with Crippen molar-refractivity contribution in [2.45, 2.75) is 75.8 Å². The Bertz CT molecular complexity index is 2630. The second kappa shape index (κ2) is 18.7. The summed E-state index contributed by atoms with van der Waals surface area (Å²) in [6.07, 6.45) is 6.08. The SMILES string of the molecule is C=Nn1cnc(/C(C=N)=C/N)c(OC(C)C)/c1=N/CNc1cc(C)c(S(=O)(=O)N(C)CCCN2CCC(c3ccc4c(c3)n(C)c(=O)n4C3CCC(=O)NC3=O)CC2)cc1F. The van der Waals surface area contributed by atoms with Crippen molar-refractivity contribution >= 4 is 57.1 Å². The summed E-state index contributed by atoms with van der Waals surface area (Å²) in [7, 11) is -0.838. The number of hydrogen-bond acceptors (Lipinski definition) is 13. The zero-order chi connectivity index (χ0) is 44.2. The molecule has 18 nitrogen and oxygen atoms in total. The van der Waals surface area contributed by atoms with Crippen molar-refractivity contribution in [1.29, 1.82) is 5.41 Å².